The van der Waals surface area contributed by atoms with Crippen molar-refractivity contribution in [1.29, 1.82) is 0 Å². The normalized spacial score (nSPS) is 19.8. The maximum atomic E-state index is 12.2. The summed E-state index contributed by atoms with van der Waals surface area (Å²) in [5.74, 6) is -0.0328. The van der Waals surface area contributed by atoms with Crippen LogP contribution in [-0.4, -0.2) is 29.7 Å². The van der Waals surface area contributed by atoms with Crippen molar-refractivity contribution in [3.8, 4) is 0 Å². The molecule has 1 fully saturated rings. The van der Waals surface area contributed by atoms with Crippen LogP contribution in [0.5, 0.6) is 0 Å². The molecular weight excluding hydrogens is 270 g/mol. The van der Waals surface area contributed by atoms with Crippen LogP contribution in [0.2, 0.25) is 0 Å². The molecular formula is C16H21NO4. The lowest BCUT2D eigenvalue weighted by Gasteiger charge is -2.36. The lowest BCUT2D eigenvalue weighted by atomic mass is 9.94. The van der Waals surface area contributed by atoms with Gasteiger partial charge < -0.3 is 9.47 Å². The van der Waals surface area contributed by atoms with Crippen molar-refractivity contribution < 1.29 is 19.1 Å². The minimum Gasteiger partial charge on any atom is -0.444 e. The summed E-state index contributed by atoms with van der Waals surface area (Å²) in [7, 11) is 0. The van der Waals surface area contributed by atoms with Crippen molar-refractivity contribution in [2.75, 3.05) is 6.73 Å². The molecule has 5 heteroatoms. The van der Waals surface area contributed by atoms with E-state index < -0.39 is 6.09 Å². The predicted octanol–water partition coefficient (Wildman–Crippen LogP) is 2.94. The van der Waals surface area contributed by atoms with Crippen LogP contribution in [0.25, 0.3) is 0 Å². The van der Waals surface area contributed by atoms with E-state index in [1.165, 1.54) is 4.90 Å². The van der Waals surface area contributed by atoms with E-state index in [-0.39, 0.29) is 37.7 Å². The molecule has 1 aliphatic heterocycles. The fraction of sp³-hybridized carbons (Fsp3) is 0.500. The number of esters is 1. The first-order valence-corrected chi connectivity index (χ1v) is 7.24. The summed E-state index contributed by atoms with van der Waals surface area (Å²) < 4.78 is 10.3. The average molecular weight is 291 g/mol. The van der Waals surface area contributed by atoms with Gasteiger partial charge in [0.05, 0.1) is 12.5 Å². The Labute approximate surface area is 124 Å². The third-order valence-corrected chi connectivity index (χ3v) is 3.88. The number of hydrogen-bond donors (Lipinski definition) is 0. The van der Waals surface area contributed by atoms with Gasteiger partial charge in [0.1, 0.15) is 6.61 Å². The van der Waals surface area contributed by atoms with Gasteiger partial charge in [-0.25, -0.2) is 4.79 Å². The van der Waals surface area contributed by atoms with Crippen LogP contribution in [0.3, 0.4) is 0 Å². The van der Waals surface area contributed by atoms with Crippen LogP contribution in [0.1, 0.15) is 32.3 Å². The number of hydrogen-bond acceptors (Lipinski definition) is 4. The van der Waals surface area contributed by atoms with Crippen LogP contribution in [0.15, 0.2) is 30.3 Å². The van der Waals surface area contributed by atoms with Gasteiger partial charge >= 0.3 is 12.1 Å². The smallest absolute Gasteiger partial charge is 0.413 e. The van der Waals surface area contributed by atoms with Gasteiger partial charge in [0, 0.05) is 0 Å². The zero-order valence-corrected chi connectivity index (χ0v) is 12.5. The fourth-order valence-corrected chi connectivity index (χ4v) is 2.35. The summed E-state index contributed by atoms with van der Waals surface area (Å²) in [6.07, 6.45) is 0.687. The molecule has 1 unspecified atom stereocenters. The fourth-order valence-electron chi connectivity index (χ4n) is 2.35. The van der Waals surface area contributed by atoms with Crippen molar-refractivity contribution in [2.45, 2.75) is 39.3 Å². The van der Waals surface area contributed by atoms with Gasteiger partial charge in [-0.05, 0) is 11.5 Å². The molecule has 0 aromatic heterocycles. The molecule has 2 rings (SSSR count). The van der Waals surface area contributed by atoms with Crippen molar-refractivity contribution in [2.24, 2.45) is 5.92 Å². The molecule has 1 aliphatic rings. The zero-order chi connectivity index (χ0) is 15.2. The molecule has 1 saturated heterocycles. The Hall–Kier alpha value is -2.04. The maximum Gasteiger partial charge on any atom is 0.413 e. The molecule has 0 aliphatic carbocycles. The number of rotatable bonds is 4. The molecule has 5 nitrogen and oxygen atoms in total. The Kier molecular flexibility index (Phi) is 5.20. The second-order valence-electron chi connectivity index (χ2n) is 5.31. The highest BCUT2D eigenvalue weighted by molar-refractivity contribution is 5.75. The highest BCUT2D eigenvalue weighted by Gasteiger charge is 2.35. The maximum absolute atomic E-state index is 12.2. The molecule has 1 aromatic rings. The quantitative estimate of drug-likeness (QED) is 0.800. The van der Waals surface area contributed by atoms with Crippen LogP contribution in [0, 0.1) is 5.92 Å². The van der Waals surface area contributed by atoms with E-state index in [0.29, 0.717) is 0 Å². The van der Waals surface area contributed by atoms with Gasteiger partial charge in [-0.2, -0.15) is 0 Å². The number of ether oxygens (including phenoxy) is 2. The van der Waals surface area contributed by atoms with Crippen LogP contribution >= 0.6 is 0 Å². The van der Waals surface area contributed by atoms with E-state index >= 15 is 0 Å². The van der Waals surface area contributed by atoms with E-state index in [0.717, 1.165) is 12.0 Å². The summed E-state index contributed by atoms with van der Waals surface area (Å²) in [6, 6.07) is 9.35. The zero-order valence-electron chi connectivity index (χ0n) is 12.5. The Bertz CT molecular complexity index is 488. The molecule has 0 saturated carbocycles. The van der Waals surface area contributed by atoms with E-state index in [1.807, 2.05) is 44.2 Å². The monoisotopic (exact) mass is 291 g/mol. The molecule has 0 radical (unpaired) electrons. The van der Waals surface area contributed by atoms with E-state index in [2.05, 4.69) is 0 Å². The van der Waals surface area contributed by atoms with E-state index in [4.69, 9.17) is 9.47 Å². The van der Waals surface area contributed by atoms with Crippen molar-refractivity contribution >= 4 is 12.1 Å². The molecule has 2 atom stereocenters. The third kappa shape index (κ3) is 3.97. The van der Waals surface area contributed by atoms with Gasteiger partial charge in [-0.15, -0.1) is 0 Å². The Balaban J connectivity index is 1.97. The minimum atomic E-state index is -0.434. The van der Waals surface area contributed by atoms with Crippen molar-refractivity contribution in [3.63, 3.8) is 0 Å². The summed E-state index contributed by atoms with van der Waals surface area (Å²) in [5, 5.41) is 0. The van der Waals surface area contributed by atoms with Gasteiger partial charge in [-0.1, -0.05) is 50.6 Å². The second kappa shape index (κ2) is 7.11. The van der Waals surface area contributed by atoms with Gasteiger partial charge in [0.25, 0.3) is 0 Å². The lowest BCUT2D eigenvalue weighted by molar-refractivity contribution is -0.159. The Morgan fingerprint density at radius 2 is 2.14 bits per heavy atom. The highest BCUT2D eigenvalue weighted by Crippen LogP contribution is 2.23. The van der Waals surface area contributed by atoms with Gasteiger partial charge in [-0.3, -0.25) is 9.69 Å². The predicted molar refractivity (Wildman–Crippen MR) is 77.3 cm³/mol. The van der Waals surface area contributed by atoms with Crippen molar-refractivity contribution in [3.05, 3.63) is 35.9 Å². The number of benzene rings is 1. The second-order valence-corrected chi connectivity index (χ2v) is 5.31. The molecule has 1 aromatic carbocycles. The summed E-state index contributed by atoms with van der Waals surface area (Å²) in [4.78, 5) is 25.2. The Morgan fingerprint density at radius 3 is 2.81 bits per heavy atom. The first-order chi connectivity index (χ1) is 10.1. The standard InChI is InChI=1S/C16H21NO4/c1-3-12(2)14-9-15(18)21-11-17(14)16(19)20-10-13-7-5-4-6-8-13/h4-8,12,14H,3,9-11H2,1-2H3/t12?,14-/m1/s1. The van der Waals surface area contributed by atoms with Crippen LogP contribution in [0.4, 0.5) is 4.79 Å². The number of carbonyl (C=O) groups is 2. The lowest BCUT2D eigenvalue weighted by Crippen LogP contribution is -2.50. The Morgan fingerprint density at radius 1 is 1.43 bits per heavy atom. The molecule has 0 spiro atoms. The molecule has 0 N–H and O–H groups in total. The molecule has 0 bridgehead atoms. The number of cyclic esters (lactones) is 1. The minimum absolute atomic E-state index is 0.0263. The highest BCUT2D eigenvalue weighted by atomic mass is 16.6. The number of amides is 1. The average Bonchev–Trinajstić information content (AvgIpc) is 2.52. The third-order valence-electron chi connectivity index (χ3n) is 3.88. The first kappa shape index (κ1) is 15.4. The molecule has 21 heavy (non-hydrogen) atoms. The SMILES string of the molecule is CCC(C)[C@H]1CC(=O)OCN1C(=O)OCc1ccccc1. The van der Waals surface area contributed by atoms with E-state index in [1.54, 1.807) is 0 Å². The molecule has 114 valence electrons. The first-order valence-electron chi connectivity index (χ1n) is 7.24. The van der Waals surface area contributed by atoms with E-state index in [9.17, 15) is 9.59 Å². The molecule has 1 heterocycles. The molecule has 1 amide bonds. The largest absolute Gasteiger partial charge is 0.444 e. The number of carbonyl (C=O) groups excluding carboxylic acids is 2. The van der Waals surface area contributed by atoms with Gasteiger partial charge in [0.2, 0.25) is 0 Å². The number of nitrogens with zero attached hydrogens (tertiary/aromatic N) is 1. The topological polar surface area (TPSA) is 55.8 Å². The summed E-state index contributed by atoms with van der Waals surface area (Å²) in [5.41, 5.74) is 0.931. The van der Waals surface area contributed by atoms with Crippen LogP contribution in [-0.2, 0) is 20.9 Å². The van der Waals surface area contributed by atoms with Gasteiger partial charge in [0.15, 0.2) is 6.73 Å². The van der Waals surface area contributed by atoms with Crippen LogP contribution < -0.4 is 0 Å². The van der Waals surface area contributed by atoms with Crippen molar-refractivity contribution in [1.82, 2.24) is 4.90 Å². The summed E-state index contributed by atoms with van der Waals surface area (Å²) >= 11 is 0. The summed E-state index contributed by atoms with van der Waals surface area (Å²) in [6.45, 7) is 4.26.